The second-order valence-corrected chi connectivity index (χ2v) is 10.7. The lowest BCUT2D eigenvalue weighted by Gasteiger charge is -2.27. The Bertz CT molecular complexity index is 1670. The first-order valence-corrected chi connectivity index (χ1v) is 12.8. The predicted molar refractivity (Wildman–Crippen MR) is 138 cm³/mol. The fourth-order valence-corrected chi connectivity index (χ4v) is 5.53. The second kappa shape index (κ2) is 7.70. The third-order valence-electron chi connectivity index (χ3n) is 7.85. The first kappa shape index (κ1) is 22.1. The van der Waals surface area contributed by atoms with E-state index in [9.17, 15) is 10.1 Å². The molecule has 3 aliphatic rings. The summed E-state index contributed by atoms with van der Waals surface area (Å²) in [6, 6.07) is 10.4. The van der Waals surface area contributed by atoms with Crippen LogP contribution in [-0.4, -0.2) is 35.8 Å². The van der Waals surface area contributed by atoms with E-state index in [4.69, 9.17) is 9.97 Å². The van der Waals surface area contributed by atoms with Gasteiger partial charge in [-0.05, 0) is 69.2 Å². The molecule has 0 amide bonds. The third-order valence-corrected chi connectivity index (χ3v) is 7.85. The van der Waals surface area contributed by atoms with Gasteiger partial charge in [-0.25, -0.2) is 24.3 Å². The lowest BCUT2D eigenvalue weighted by Crippen LogP contribution is -2.36. The third kappa shape index (κ3) is 3.38. The van der Waals surface area contributed by atoms with Crippen LogP contribution in [0.25, 0.3) is 16.9 Å². The molecular formula is C27H27N9O. The van der Waals surface area contributed by atoms with Crippen molar-refractivity contribution in [2.75, 3.05) is 11.9 Å². The van der Waals surface area contributed by atoms with Gasteiger partial charge in [0, 0.05) is 42.3 Å². The van der Waals surface area contributed by atoms with Gasteiger partial charge in [0.25, 0.3) is 5.56 Å². The van der Waals surface area contributed by atoms with Gasteiger partial charge in [-0.2, -0.15) is 10.2 Å². The van der Waals surface area contributed by atoms with E-state index >= 15 is 0 Å². The van der Waals surface area contributed by atoms with Crippen molar-refractivity contribution in [3.05, 3.63) is 64.0 Å². The minimum Gasteiger partial charge on any atom is -0.324 e. The first-order chi connectivity index (χ1) is 17.9. The zero-order chi connectivity index (χ0) is 25.4. The highest BCUT2D eigenvalue weighted by molar-refractivity contribution is 5.77. The van der Waals surface area contributed by atoms with Crippen LogP contribution >= 0.6 is 0 Å². The summed E-state index contributed by atoms with van der Waals surface area (Å²) in [4.78, 5) is 31.7. The summed E-state index contributed by atoms with van der Waals surface area (Å²) in [5, 5.41) is 17.1. The quantitative estimate of drug-likeness (QED) is 0.433. The molecule has 186 valence electrons. The number of benzene rings is 1. The molecule has 0 radical (unpaired) electrons. The topological polar surface area (TPSA) is 126 Å². The summed E-state index contributed by atoms with van der Waals surface area (Å²) < 4.78 is 3.35. The lowest BCUT2D eigenvalue weighted by atomic mass is 9.92. The van der Waals surface area contributed by atoms with Crippen LogP contribution in [0.15, 0.2) is 41.5 Å². The summed E-state index contributed by atoms with van der Waals surface area (Å²) in [5.74, 6) is 1.40. The van der Waals surface area contributed by atoms with E-state index in [2.05, 4.69) is 44.9 Å². The summed E-state index contributed by atoms with van der Waals surface area (Å²) in [6.07, 6.45) is 8.07. The van der Waals surface area contributed by atoms with E-state index < -0.39 is 5.41 Å². The van der Waals surface area contributed by atoms with Gasteiger partial charge in [-0.1, -0.05) is 6.07 Å². The summed E-state index contributed by atoms with van der Waals surface area (Å²) in [6.45, 7) is 4.87. The zero-order valence-corrected chi connectivity index (χ0v) is 20.8. The molecule has 7 rings (SSSR count). The molecule has 1 aliphatic heterocycles. The molecule has 2 saturated carbocycles. The molecule has 3 aromatic heterocycles. The zero-order valence-electron chi connectivity index (χ0n) is 20.8. The number of hydrogen-bond donors (Lipinski definition) is 2. The van der Waals surface area contributed by atoms with Gasteiger partial charge in [0.15, 0.2) is 17.3 Å². The van der Waals surface area contributed by atoms with Crippen molar-refractivity contribution in [1.82, 2.24) is 34.6 Å². The Morgan fingerprint density at radius 1 is 1.14 bits per heavy atom. The number of hydrogen-bond acceptors (Lipinski definition) is 8. The van der Waals surface area contributed by atoms with Gasteiger partial charge < -0.3 is 10.6 Å². The van der Waals surface area contributed by atoms with Crippen LogP contribution in [0.2, 0.25) is 0 Å². The molecule has 1 aromatic carbocycles. The molecule has 4 aromatic rings. The van der Waals surface area contributed by atoms with Crippen molar-refractivity contribution in [3.63, 3.8) is 0 Å². The Labute approximate surface area is 213 Å². The molecule has 2 aliphatic carbocycles. The smallest absolute Gasteiger partial charge is 0.278 e. The average Bonchev–Trinajstić information content (AvgIpc) is 3.83. The van der Waals surface area contributed by atoms with E-state index in [-0.39, 0.29) is 17.1 Å². The Kier molecular flexibility index (Phi) is 4.60. The number of nitrogens with zero attached hydrogens (tertiary/aromatic N) is 7. The maximum atomic E-state index is 13.4. The molecule has 0 unspecified atom stereocenters. The normalized spacial score (nSPS) is 18.5. The molecule has 1 spiro atoms. The largest absolute Gasteiger partial charge is 0.324 e. The molecule has 2 N–H and O–H groups in total. The van der Waals surface area contributed by atoms with Crippen LogP contribution in [0.3, 0.4) is 0 Å². The number of fused-ring (bicyclic) bond motifs is 3. The Morgan fingerprint density at radius 2 is 1.97 bits per heavy atom. The SMILES string of the molecule is CC(C)n1c(=O)c2cnc(Nc3ccc4c(c3)CCNC43CC3)nc2n1-c1ccnc(C2(C#N)CC2)n1. The van der Waals surface area contributed by atoms with E-state index in [0.29, 0.717) is 28.6 Å². The number of nitrogens with one attached hydrogen (secondary N) is 2. The Morgan fingerprint density at radius 3 is 2.70 bits per heavy atom. The standard InChI is InChI=1S/C27H27N9O/c1-16(2)35-23(37)19-14-30-25(32-18-3-4-20-17(13-18)5-12-31-27(20)9-10-27)34-22(19)36(35)21-6-11-29-24(33-21)26(15-28)7-8-26/h3-4,6,11,13-14,16,31H,5,7-10,12H2,1-2H3,(H,30,32,34). The highest BCUT2D eigenvalue weighted by Crippen LogP contribution is 2.49. The Hall–Kier alpha value is -4.10. The van der Waals surface area contributed by atoms with Crippen molar-refractivity contribution in [2.24, 2.45) is 0 Å². The van der Waals surface area contributed by atoms with Crippen molar-refractivity contribution < 1.29 is 0 Å². The summed E-state index contributed by atoms with van der Waals surface area (Å²) in [7, 11) is 0. The minimum absolute atomic E-state index is 0.147. The molecule has 2 fully saturated rings. The number of anilines is 2. The van der Waals surface area contributed by atoms with Gasteiger partial charge in [-0.15, -0.1) is 0 Å². The first-order valence-electron chi connectivity index (χ1n) is 12.8. The van der Waals surface area contributed by atoms with Gasteiger partial charge in [-0.3, -0.25) is 4.79 Å². The fraction of sp³-hybridized carbons (Fsp3) is 0.407. The van der Waals surface area contributed by atoms with Crippen molar-refractivity contribution in [2.45, 2.75) is 62.9 Å². The van der Waals surface area contributed by atoms with E-state index in [1.165, 1.54) is 24.0 Å². The highest BCUT2D eigenvalue weighted by atomic mass is 16.1. The molecular weight excluding hydrogens is 466 g/mol. The molecule has 10 heteroatoms. The second-order valence-electron chi connectivity index (χ2n) is 10.7. The predicted octanol–water partition coefficient (Wildman–Crippen LogP) is 3.39. The highest BCUT2D eigenvalue weighted by Gasteiger charge is 2.48. The number of aromatic nitrogens is 6. The van der Waals surface area contributed by atoms with E-state index in [1.54, 1.807) is 27.8 Å². The maximum Gasteiger partial charge on any atom is 0.278 e. The average molecular weight is 494 g/mol. The number of nitriles is 1. The van der Waals surface area contributed by atoms with Crippen LogP contribution in [0.4, 0.5) is 11.6 Å². The van der Waals surface area contributed by atoms with Crippen LogP contribution in [0, 0.1) is 11.3 Å². The van der Waals surface area contributed by atoms with Crippen molar-refractivity contribution in [1.29, 1.82) is 5.26 Å². The maximum absolute atomic E-state index is 13.4. The van der Waals surface area contributed by atoms with Crippen molar-refractivity contribution >= 4 is 22.7 Å². The summed E-state index contributed by atoms with van der Waals surface area (Å²) >= 11 is 0. The molecule has 0 atom stereocenters. The molecule has 10 nitrogen and oxygen atoms in total. The van der Waals surface area contributed by atoms with Crippen molar-refractivity contribution in [3.8, 4) is 11.9 Å². The van der Waals surface area contributed by atoms with Crippen LogP contribution in [-0.2, 0) is 17.4 Å². The molecule has 4 heterocycles. The number of rotatable bonds is 5. The Balaban J connectivity index is 1.32. The van der Waals surface area contributed by atoms with Gasteiger partial charge >= 0.3 is 0 Å². The van der Waals surface area contributed by atoms with E-state index in [1.807, 2.05) is 13.8 Å². The van der Waals surface area contributed by atoms with Gasteiger partial charge in [0.05, 0.1) is 6.07 Å². The fourth-order valence-electron chi connectivity index (χ4n) is 5.53. The van der Waals surface area contributed by atoms with Crippen LogP contribution in [0.5, 0.6) is 0 Å². The monoisotopic (exact) mass is 493 g/mol. The van der Waals surface area contributed by atoms with Crippen LogP contribution in [0.1, 0.15) is 62.5 Å². The van der Waals surface area contributed by atoms with Crippen LogP contribution < -0.4 is 16.2 Å². The van der Waals surface area contributed by atoms with Gasteiger partial charge in [0.1, 0.15) is 10.8 Å². The molecule has 0 bridgehead atoms. The van der Waals surface area contributed by atoms with E-state index in [0.717, 1.165) is 31.5 Å². The van der Waals surface area contributed by atoms with Gasteiger partial charge in [0.2, 0.25) is 5.95 Å². The minimum atomic E-state index is -0.634. The molecule has 37 heavy (non-hydrogen) atoms. The molecule has 0 saturated heterocycles. The summed E-state index contributed by atoms with van der Waals surface area (Å²) in [5.41, 5.74) is 3.49. The lowest BCUT2D eigenvalue weighted by molar-refractivity contribution is 0.470.